The van der Waals surface area contributed by atoms with E-state index >= 15 is 0 Å². The lowest BCUT2D eigenvalue weighted by Gasteiger charge is -2.49. The van der Waals surface area contributed by atoms with Crippen molar-refractivity contribution in [3.63, 3.8) is 0 Å². The summed E-state index contributed by atoms with van der Waals surface area (Å²) < 4.78 is 11.4. The maximum absolute atomic E-state index is 9.26. The number of terminal acetylenes is 1. The van der Waals surface area contributed by atoms with Gasteiger partial charge in [-0.15, -0.1) is 12.3 Å². The van der Waals surface area contributed by atoms with Crippen LogP contribution in [0.15, 0.2) is 33.1 Å². The fourth-order valence-electron chi connectivity index (χ4n) is 4.63. The second-order valence-electron chi connectivity index (χ2n) is 7.93. The topological polar surface area (TPSA) is 73.2 Å². The number of hydrogen-bond acceptors (Lipinski definition) is 6. The van der Waals surface area contributed by atoms with Gasteiger partial charge in [0, 0.05) is 25.0 Å². The van der Waals surface area contributed by atoms with Gasteiger partial charge in [-0.25, -0.2) is 0 Å². The van der Waals surface area contributed by atoms with Crippen LogP contribution in [0.4, 0.5) is 0 Å². The summed E-state index contributed by atoms with van der Waals surface area (Å²) in [6.07, 6.45) is 8.05. The number of piperidine rings is 3. The summed E-state index contributed by atoms with van der Waals surface area (Å²) >= 11 is 0. The number of hydrogen-bond donors (Lipinski definition) is 2. The zero-order valence-corrected chi connectivity index (χ0v) is 16.1. The molecule has 3 saturated heterocycles. The van der Waals surface area contributed by atoms with E-state index in [1.807, 2.05) is 24.3 Å². The van der Waals surface area contributed by atoms with Gasteiger partial charge in [-0.3, -0.25) is 9.80 Å². The lowest BCUT2D eigenvalue weighted by atomic mass is 9.76. The third kappa shape index (κ3) is 4.18. The summed E-state index contributed by atoms with van der Waals surface area (Å²) in [6, 6.07) is 7.94. The van der Waals surface area contributed by atoms with Crippen molar-refractivity contribution in [3.8, 4) is 12.3 Å². The highest BCUT2D eigenvalue weighted by Crippen LogP contribution is 2.36. The first kappa shape index (κ1) is 19.3. The molecule has 5 heterocycles. The van der Waals surface area contributed by atoms with E-state index in [9.17, 15) is 10.2 Å². The van der Waals surface area contributed by atoms with E-state index in [2.05, 4.69) is 15.7 Å². The van der Waals surface area contributed by atoms with Gasteiger partial charge in [0.1, 0.15) is 36.3 Å². The number of fused-ring (bicyclic) bond motifs is 3. The van der Waals surface area contributed by atoms with Crippen LogP contribution in [0.2, 0.25) is 0 Å². The Balaban J connectivity index is 1.47. The summed E-state index contributed by atoms with van der Waals surface area (Å²) in [5.41, 5.74) is 0. The van der Waals surface area contributed by atoms with E-state index in [1.54, 1.807) is 0 Å². The monoisotopic (exact) mass is 384 g/mol. The van der Waals surface area contributed by atoms with Crippen LogP contribution in [0, 0.1) is 24.2 Å². The quantitative estimate of drug-likeness (QED) is 0.680. The highest BCUT2D eigenvalue weighted by molar-refractivity contribution is 5.10. The van der Waals surface area contributed by atoms with Gasteiger partial charge < -0.3 is 19.0 Å². The molecule has 0 radical (unpaired) electrons. The predicted octanol–water partition coefficient (Wildman–Crippen LogP) is 2.20. The first-order valence-corrected chi connectivity index (χ1v) is 9.98. The number of furan rings is 2. The number of aliphatic hydroxyl groups is 2. The standard InChI is InChI=1S/C22H28N2O4/c1-2-16-10-24-8-7-17(16)9-18(24)11-23(12-19-3-5-21(14-25)27-19)13-20-4-6-22(15-26)28-20/h1,3-6,16-18,25-26H,7-15H2. The summed E-state index contributed by atoms with van der Waals surface area (Å²) in [6.45, 7) is 4.10. The van der Waals surface area contributed by atoms with Crippen LogP contribution in [-0.4, -0.2) is 45.7 Å². The molecule has 6 heteroatoms. The Kier molecular flexibility index (Phi) is 5.88. The molecular weight excluding hydrogens is 356 g/mol. The molecule has 28 heavy (non-hydrogen) atoms. The molecule has 150 valence electrons. The maximum Gasteiger partial charge on any atom is 0.129 e. The van der Waals surface area contributed by atoms with Crippen molar-refractivity contribution in [2.24, 2.45) is 11.8 Å². The average Bonchev–Trinajstić information content (AvgIpc) is 3.37. The van der Waals surface area contributed by atoms with Crippen molar-refractivity contribution >= 4 is 0 Å². The van der Waals surface area contributed by atoms with Gasteiger partial charge in [0.25, 0.3) is 0 Å². The molecule has 0 aromatic carbocycles. The molecule has 2 bridgehead atoms. The Morgan fingerprint density at radius 1 is 1.04 bits per heavy atom. The predicted molar refractivity (Wildman–Crippen MR) is 104 cm³/mol. The van der Waals surface area contributed by atoms with Gasteiger partial charge in [-0.2, -0.15) is 0 Å². The molecule has 3 aliphatic rings. The minimum atomic E-state index is -0.0936. The minimum absolute atomic E-state index is 0.0936. The first-order chi connectivity index (χ1) is 13.7. The molecule has 2 aromatic heterocycles. The van der Waals surface area contributed by atoms with E-state index in [-0.39, 0.29) is 13.2 Å². The molecule has 2 N–H and O–H groups in total. The van der Waals surface area contributed by atoms with E-state index in [1.165, 1.54) is 6.42 Å². The normalized spacial score (nSPS) is 26.6. The van der Waals surface area contributed by atoms with Gasteiger partial charge in [0.15, 0.2) is 0 Å². The molecule has 0 spiro atoms. The fourth-order valence-corrected chi connectivity index (χ4v) is 4.63. The third-order valence-corrected chi connectivity index (χ3v) is 6.07. The molecule has 5 rings (SSSR count). The number of nitrogens with zero attached hydrogens (tertiary/aromatic N) is 2. The molecule has 0 saturated carbocycles. The van der Waals surface area contributed by atoms with E-state index < -0.39 is 0 Å². The van der Waals surface area contributed by atoms with Crippen LogP contribution in [0.1, 0.15) is 35.9 Å². The van der Waals surface area contributed by atoms with Crippen LogP contribution in [0.3, 0.4) is 0 Å². The Morgan fingerprint density at radius 3 is 2.11 bits per heavy atom. The zero-order chi connectivity index (χ0) is 19.5. The summed E-state index contributed by atoms with van der Waals surface area (Å²) in [4.78, 5) is 4.84. The largest absolute Gasteiger partial charge is 0.462 e. The van der Waals surface area contributed by atoms with Gasteiger partial charge in [0.05, 0.1) is 13.1 Å². The van der Waals surface area contributed by atoms with Gasteiger partial charge in [0.2, 0.25) is 0 Å². The summed E-state index contributed by atoms with van der Waals surface area (Å²) in [5.74, 6) is 6.79. The molecule has 2 aromatic rings. The zero-order valence-electron chi connectivity index (χ0n) is 16.1. The highest BCUT2D eigenvalue weighted by atomic mass is 16.4. The summed E-state index contributed by atoms with van der Waals surface area (Å²) in [7, 11) is 0. The molecule has 4 atom stereocenters. The number of rotatable bonds is 8. The van der Waals surface area contributed by atoms with Crippen molar-refractivity contribution in [3.05, 3.63) is 47.3 Å². The second-order valence-corrected chi connectivity index (χ2v) is 7.93. The average molecular weight is 384 g/mol. The van der Waals surface area contributed by atoms with E-state index in [0.29, 0.717) is 42.5 Å². The minimum Gasteiger partial charge on any atom is -0.462 e. The van der Waals surface area contributed by atoms with Crippen molar-refractivity contribution in [1.29, 1.82) is 0 Å². The molecular formula is C22H28N2O4. The molecule has 0 amide bonds. The third-order valence-electron chi connectivity index (χ3n) is 6.07. The van der Waals surface area contributed by atoms with Crippen LogP contribution in [0.5, 0.6) is 0 Å². The molecule has 3 fully saturated rings. The van der Waals surface area contributed by atoms with Gasteiger partial charge in [-0.05, 0) is 49.6 Å². The smallest absolute Gasteiger partial charge is 0.129 e. The van der Waals surface area contributed by atoms with Crippen LogP contribution >= 0.6 is 0 Å². The fraction of sp³-hybridized carbons (Fsp3) is 0.545. The maximum atomic E-state index is 9.26. The SMILES string of the molecule is C#CC1CN2CCC1CC2CN(Cc1ccc(CO)o1)Cc1ccc(CO)o1. The van der Waals surface area contributed by atoms with Crippen molar-refractivity contribution in [1.82, 2.24) is 9.80 Å². The number of aliphatic hydroxyl groups excluding tert-OH is 2. The van der Waals surface area contributed by atoms with Crippen molar-refractivity contribution in [2.75, 3.05) is 19.6 Å². The summed E-state index contributed by atoms with van der Waals surface area (Å²) in [5, 5.41) is 18.5. The van der Waals surface area contributed by atoms with Crippen LogP contribution in [0.25, 0.3) is 0 Å². The first-order valence-electron chi connectivity index (χ1n) is 9.98. The van der Waals surface area contributed by atoms with Gasteiger partial charge >= 0.3 is 0 Å². The molecule has 0 aliphatic carbocycles. The Bertz CT molecular complexity index is 776. The van der Waals surface area contributed by atoms with Gasteiger partial charge in [-0.1, -0.05) is 0 Å². The van der Waals surface area contributed by atoms with E-state index in [4.69, 9.17) is 15.3 Å². The van der Waals surface area contributed by atoms with Crippen molar-refractivity contribution in [2.45, 2.75) is 45.2 Å². The lowest BCUT2D eigenvalue weighted by Crippen LogP contribution is -2.56. The van der Waals surface area contributed by atoms with Crippen LogP contribution < -0.4 is 0 Å². The Morgan fingerprint density at radius 2 is 1.64 bits per heavy atom. The molecule has 3 aliphatic heterocycles. The highest BCUT2D eigenvalue weighted by Gasteiger charge is 2.39. The second kappa shape index (κ2) is 8.54. The Labute approximate surface area is 165 Å². The van der Waals surface area contributed by atoms with E-state index in [0.717, 1.165) is 37.6 Å². The Hall–Kier alpha value is -2.04. The molecule has 6 nitrogen and oxygen atoms in total. The van der Waals surface area contributed by atoms with Crippen LogP contribution in [-0.2, 0) is 26.3 Å². The molecule has 4 unspecified atom stereocenters. The van der Waals surface area contributed by atoms with Crippen molar-refractivity contribution < 1.29 is 19.0 Å². The lowest BCUT2D eigenvalue weighted by molar-refractivity contribution is 0.000856.